The molecule has 1 rings (SSSR count). The molecule has 0 aliphatic heterocycles. The van der Waals surface area contributed by atoms with Crippen molar-refractivity contribution in [2.75, 3.05) is 34.2 Å². The van der Waals surface area contributed by atoms with E-state index in [0.29, 0.717) is 12.0 Å². The third kappa shape index (κ3) is 4.56. The topological polar surface area (TPSA) is 47.3 Å². The van der Waals surface area contributed by atoms with Crippen molar-refractivity contribution in [3.8, 4) is 6.07 Å². The van der Waals surface area contributed by atoms with Crippen molar-refractivity contribution in [1.82, 2.24) is 9.80 Å². The minimum absolute atomic E-state index is 0.0987. The maximum Gasteiger partial charge on any atom is 0.226 e. The van der Waals surface area contributed by atoms with Crippen molar-refractivity contribution >= 4 is 5.91 Å². The summed E-state index contributed by atoms with van der Waals surface area (Å²) in [6.45, 7) is 1.58. The molecule has 0 aliphatic carbocycles. The van der Waals surface area contributed by atoms with E-state index in [9.17, 15) is 4.79 Å². The van der Waals surface area contributed by atoms with Crippen molar-refractivity contribution in [1.29, 1.82) is 5.26 Å². The molecule has 0 bridgehead atoms. The molecule has 0 unspecified atom stereocenters. The average molecular weight is 245 g/mol. The zero-order valence-electron chi connectivity index (χ0n) is 11.2. The van der Waals surface area contributed by atoms with Crippen molar-refractivity contribution in [3.63, 3.8) is 0 Å². The highest BCUT2D eigenvalue weighted by molar-refractivity contribution is 5.78. The summed E-state index contributed by atoms with van der Waals surface area (Å²) < 4.78 is 0. The lowest BCUT2D eigenvalue weighted by Gasteiger charge is -2.19. The summed E-state index contributed by atoms with van der Waals surface area (Å²) in [4.78, 5) is 15.7. The number of rotatable bonds is 5. The molecule has 0 heterocycles. The molecule has 0 N–H and O–H groups in total. The number of likely N-dealkylation sites (N-methyl/N-ethyl adjacent to an activating group) is 2. The van der Waals surface area contributed by atoms with E-state index in [1.54, 1.807) is 17.0 Å². The van der Waals surface area contributed by atoms with E-state index in [1.807, 2.05) is 38.2 Å². The molecule has 96 valence electrons. The van der Waals surface area contributed by atoms with Gasteiger partial charge in [-0.2, -0.15) is 5.26 Å². The number of hydrogen-bond donors (Lipinski definition) is 0. The molecular weight excluding hydrogens is 226 g/mol. The van der Waals surface area contributed by atoms with Gasteiger partial charge in [-0.05, 0) is 31.8 Å². The van der Waals surface area contributed by atoms with Crippen molar-refractivity contribution in [2.24, 2.45) is 0 Å². The molecule has 0 fully saturated rings. The van der Waals surface area contributed by atoms with Gasteiger partial charge >= 0.3 is 0 Å². The quantitative estimate of drug-likeness (QED) is 0.781. The van der Waals surface area contributed by atoms with Gasteiger partial charge in [-0.15, -0.1) is 0 Å². The third-order valence-electron chi connectivity index (χ3n) is 2.75. The Labute approximate surface area is 108 Å². The summed E-state index contributed by atoms with van der Waals surface area (Å²) in [6, 6.07) is 9.20. The van der Waals surface area contributed by atoms with Gasteiger partial charge in [0.05, 0.1) is 18.1 Å². The largest absolute Gasteiger partial charge is 0.344 e. The number of carbonyl (C=O) groups is 1. The van der Waals surface area contributed by atoms with Crippen LogP contribution < -0.4 is 0 Å². The Morgan fingerprint density at radius 1 is 1.17 bits per heavy atom. The van der Waals surface area contributed by atoms with Crippen LogP contribution in [0.1, 0.15) is 11.1 Å². The SMILES string of the molecule is CN(C)CCN(C)C(=O)Cc1ccc(C#N)cc1. The van der Waals surface area contributed by atoms with Gasteiger partial charge in [0.1, 0.15) is 0 Å². The molecule has 0 saturated heterocycles. The van der Waals surface area contributed by atoms with Gasteiger partial charge in [0.15, 0.2) is 0 Å². The number of amides is 1. The third-order valence-corrected chi connectivity index (χ3v) is 2.75. The van der Waals surface area contributed by atoms with Crippen LogP contribution in [-0.2, 0) is 11.2 Å². The molecule has 0 radical (unpaired) electrons. The minimum atomic E-state index is 0.0987. The normalized spacial score (nSPS) is 10.2. The van der Waals surface area contributed by atoms with Crippen LogP contribution in [0, 0.1) is 11.3 Å². The summed E-state index contributed by atoms with van der Waals surface area (Å²) in [5.41, 5.74) is 1.56. The van der Waals surface area contributed by atoms with Gasteiger partial charge in [-0.3, -0.25) is 4.79 Å². The zero-order chi connectivity index (χ0) is 13.5. The molecule has 0 saturated carbocycles. The molecule has 4 nitrogen and oxygen atoms in total. The summed E-state index contributed by atoms with van der Waals surface area (Å²) in [5.74, 6) is 0.0987. The molecule has 0 spiro atoms. The highest BCUT2D eigenvalue weighted by atomic mass is 16.2. The van der Waals surface area contributed by atoms with Crippen LogP contribution in [0.4, 0.5) is 0 Å². The number of benzene rings is 1. The standard InChI is InChI=1S/C14H19N3O/c1-16(2)8-9-17(3)14(18)10-12-4-6-13(11-15)7-5-12/h4-7H,8-10H2,1-3H3. The molecule has 1 aromatic carbocycles. The second-order valence-electron chi connectivity index (χ2n) is 4.60. The highest BCUT2D eigenvalue weighted by Gasteiger charge is 2.09. The molecule has 0 aromatic heterocycles. The van der Waals surface area contributed by atoms with Gasteiger partial charge in [-0.25, -0.2) is 0 Å². The first-order valence-electron chi connectivity index (χ1n) is 5.90. The van der Waals surface area contributed by atoms with Gasteiger partial charge in [0.25, 0.3) is 0 Å². The smallest absolute Gasteiger partial charge is 0.226 e. The Hall–Kier alpha value is -1.86. The van der Waals surface area contributed by atoms with E-state index < -0.39 is 0 Å². The maximum atomic E-state index is 11.9. The first-order valence-corrected chi connectivity index (χ1v) is 5.90. The van der Waals surface area contributed by atoms with E-state index in [-0.39, 0.29) is 5.91 Å². The van der Waals surface area contributed by atoms with Crippen LogP contribution in [0.5, 0.6) is 0 Å². The number of nitrogens with zero attached hydrogens (tertiary/aromatic N) is 3. The second kappa shape index (κ2) is 6.77. The predicted octanol–water partition coefficient (Wildman–Crippen LogP) is 1.12. The Bertz CT molecular complexity index is 431. The molecule has 4 heteroatoms. The lowest BCUT2D eigenvalue weighted by atomic mass is 10.1. The van der Waals surface area contributed by atoms with Crippen LogP contribution in [0.2, 0.25) is 0 Å². The first kappa shape index (κ1) is 14.2. The predicted molar refractivity (Wildman–Crippen MR) is 71.1 cm³/mol. The number of nitriles is 1. The van der Waals surface area contributed by atoms with Crippen LogP contribution >= 0.6 is 0 Å². The van der Waals surface area contributed by atoms with Crippen LogP contribution in [0.25, 0.3) is 0 Å². The fourth-order valence-corrected chi connectivity index (χ4v) is 1.48. The molecule has 1 aromatic rings. The second-order valence-corrected chi connectivity index (χ2v) is 4.60. The van der Waals surface area contributed by atoms with Crippen molar-refractivity contribution in [2.45, 2.75) is 6.42 Å². The molecule has 18 heavy (non-hydrogen) atoms. The van der Waals surface area contributed by atoms with Gasteiger partial charge in [0, 0.05) is 20.1 Å². The van der Waals surface area contributed by atoms with E-state index in [1.165, 1.54) is 0 Å². The molecular formula is C14H19N3O. The van der Waals surface area contributed by atoms with Gasteiger partial charge in [-0.1, -0.05) is 12.1 Å². The Morgan fingerprint density at radius 2 is 1.78 bits per heavy atom. The van der Waals surface area contributed by atoms with Crippen LogP contribution in [0.3, 0.4) is 0 Å². The van der Waals surface area contributed by atoms with Crippen molar-refractivity contribution in [3.05, 3.63) is 35.4 Å². The average Bonchev–Trinajstić information content (AvgIpc) is 2.36. The molecule has 0 atom stereocenters. The number of hydrogen-bond acceptors (Lipinski definition) is 3. The van der Waals surface area contributed by atoms with Crippen LogP contribution in [-0.4, -0.2) is 49.9 Å². The Kier molecular flexibility index (Phi) is 5.34. The van der Waals surface area contributed by atoms with Gasteiger partial charge in [0.2, 0.25) is 5.91 Å². The summed E-state index contributed by atoms with van der Waals surface area (Å²) in [7, 11) is 5.79. The molecule has 0 aliphatic rings. The Morgan fingerprint density at radius 3 is 2.28 bits per heavy atom. The van der Waals surface area contributed by atoms with E-state index >= 15 is 0 Å². The monoisotopic (exact) mass is 245 g/mol. The lowest BCUT2D eigenvalue weighted by Crippen LogP contribution is -2.34. The first-order chi connectivity index (χ1) is 8.52. The van der Waals surface area contributed by atoms with E-state index in [0.717, 1.165) is 18.7 Å². The van der Waals surface area contributed by atoms with E-state index in [2.05, 4.69) is 6.07 Å². The van der Waals surface area contributed by atoms with Crippen molar-refractivity contribution < 1.29 is 4.79 Å². The maximum absolute atomic E-state index is 11.9. The summed E-state index contributed by atoms with van der Waals surface area (Å²) >= 11 is 0. The molecule has 1 amide bonds. The fourth-order valence-electron chi connectivity index (χ4n) is 1.48. The van der Waals surface area contributed by atoms with Crippen LogP contribution in [0.15, 0.2) is 24.3 Å². The summed E-state index contributed by atoms with van der Waals surface area (Å²) in [6.07, 6.45) is 0.385. The zero-order valence-corrected chi connectivity index (χ0v) is 11.2. The summed E-state index contributed by atoms with van der Waals surface area (Å²) in [5, 5.41) is 8.69. The fraction of sp³-hybridized carbons (Fsp3) is 0.429. The number of carbonyl (C=O) groups excluding carboxylic acids is 1. The lowest BCUT2D eigenvalue weighted by molar-refractivity contribution is -0.129. The highest BCUT2D eigenvalue weighted by Crippen LogP contribution is 2.05. The Balaban J connectivity index is 2.50. The minimum Gasteiger partial charge on any atom is -0.344 e. The van der Waals surface area contributed by atoms with Gasteiger partial charge < -0.3 is 9.80 Å². The van der Waals surface area contributed by atoms with E-state index in [4.69, 9.17) is 5.26 Å².